The molecule has 1 aromatic rings. The van der Waals surface area contributed by atoms with E-state index >= 15 is 0 Å². The minimum atomic E-state index is -0.0409. The van der Waals surface area contributed by atoms with E-state index < -0.39 is 0 Å². The van der Waals surface area contributed by atoms with Crippen molar-refractivity contribution >= 4 is 5.69 Å². The van der Waals surface area contributed by atoms with Crippen molar-refractivity contribution < 1.29 is 4.74 Å². The molecule has 0 amide bonds. The summed E-state index contributed by atoms with van der Waals surface area (Å²) >= 11 is 0. The first-order chi connectivity index (χ1) is 9.20. The highest BCUT2D eigenvalue weighted by molar-refractivity contribution is 5.41. The third kappa shape index (κ3) is 2.71. The lowest BCUT2D eigenvalue weighted by molar-refractivity contribution is 0.173. The van der Waals surface area contributed by atoms with Gasteiger partial charge in [-0.15, -0.1) is 0 Å². The Bertz CT molecular complexity index is 468. The van der Waals surface area contributed by atoms with E-state index in [1.807, 2.05) is 16.3 Å². The Hall–Kier alpha value is -1.23. The largest absolute Gasteiger partial charge is 0.393 e. The molecule has 0 saturated heterocycles. The van der Waals surface area contributed by atoms with Crippen LogP contribution in [0.3, 0.4) is 0 Å². The van der Waals surface area contributed by atoms with E-state index in [-0.39, 0.29) is 5.56 Å². The van der Waals surface area contributed by atoms with Crippen molar-refractivity contribution in [2.75, 3.05) is 12.8 Å². The first kappa shape index (κ1) is 14.2. The highest BCUT2D eigenvalue weighted by Gasteiger charge is 2.23. The van der Waals surface area contributed by atoms with Crippen molar-refractivity contribution in [3.05, 3.63) is 16.0 Å². The standard InChI is InChI=1S/C14H25N3O2/c1-3-16-12(10-19-2)13(15)14(18)17(16)11-8-6-4-5-7-9-11/h11H,3-10,15H2,1-2H3. The summed E-state index contributed by atoms with van der Waals surface area (Å²) < 4.78 is 9.07. The zero-order valence-corrected chi connectivity index (χ0v) is 12.0. The summed E-state index contributed by atoms with van der Waals surface area (Å²) in [5.74, 6) is 0. The van der Waals surface area contributed by atoms with Gasteiger partial charge in [-0.2, -0.15) is 0 Å². The highest BCUT2D eigenvalue weighted by atomic mass is 16.5. The third-order valence-corrected chi connectivity index (χ3v) is 4.07. The van der Waals surface area contributed by atoms with E-state index in [1.165, 1.54) is 25.7 Å². The number of rotatable bonds is 4. The van der Waals surface area contributed by atoms with Crippen LogP contribution in [0.25, 0.3) is 0 Å². The summed E-state index contributed by atoms with van der Waals surface area (Å²) in [6, 6.07) is 0.294. The van der Waals surface area contributed by atoms with Gasteiger partial charge in [0.2, 0.25) is 0 Å². The maximum Gasteiger partial charge on any atom is 0.290 e. The second kappa shape index (κ2) is 6.28. The van der Waals surface area contributed by atoms with Crippen LogP contribution in [-0.4, -0.2) is 16.5 Å². The van der Waals surface area contributed by atoms with Crippen LogP contribution in [0.1, 0.15) is 57.2 Å². The number of nitrogen functional groups attached to an aromatic ring is 1. The van der Waals surface area contributed by atoms with E-state index in [0.29, 0.717) is 18.3 Å². The van der Waals surface area contributed by atoms with E-state index in [4.69, 9.17) is 10.5 Å². The number of nitrogens with two attached hydrogens (primary N) is 1. The molecule has 0 bridgehead atoms. The van der Waals surface area contributed by atoms with Gasteiger partial charge in [-0.25, -0.2) is 4.68 Å². The average molecular weight is 267 g/mol. The van der Waals surface area contributed by atoms with Crippen molar-refractivity contribution in [2.24, 2.45) is 0 Å². The van der Waals surface area contributed by atoms with Gasteiger partial charge in [-0.1, -0.05) is 25.7 Å². The Morgan fingerprint density at radius 3 is 2.42 bits per heavy atom. The molecule has 2 rings (SSSR count). The quantitative estimate of drug-likeness (QED) is 0.851. The normalized spacial score (nSPS) is 17.6. The van der Waals surface area contributed by atoms with E-state index in [0.717, 1.165) is 25.1 Å². The molecule has 0 radical (unpaired) electrons. The molecule has 2 N–H and O–H groups in total. The molecule has 1 saturated carbocycles. The molecule has 1 aromatic heterocycles. The van der Waals surface area contributed by atoms with Crippen LogP contribution in [0.4, 0.5) is 5.69 Å². The molecule has 0 unspecified atom stereocenters. The molecule has 19 heavy (non-hydrogen) atoms. The summed E-state index contributed by atoms with van der Waals surface area (Å²) in [4.78, 5) is 12.4. The number of anilines is 1. The Labute approximate surface area is 114 Å². The van der Waals surface area contributed by atoms with Crippen LogP contribution >= 0.6 is 0 Å². The van der Waals surface area contributed by atoms with E-state index in [2.05, 4.69) is 0 Å². The lowest BCUT2D eigenvalue weighted by Crippen LogP contribution is -2.28. The summed E-state index contributed by atoms with van der Waals surface area (Å²) in [6.45, 7) is 3.20. The molecular weight excluding hydrogens is 242 g/mol. The molecule has 0 aliphatic heterocycles. The Balaban J connectivity index is 2.43. The molecular formula is C14H25N3O2. The van der Waals surface area contributed by atoms with Crippen LogP contribution in [0.5, 0.6) is 0 Å². The van der Waals surface area contributed by atoms with Gasteiger partial charge in [0.05, 0.1) is 18.3 Å². The molecule has 0 atom stereocenters. The second-order valence-corrected chi connectivity index (χ2v) is 5.30. The minimum absolute atomic E-state index is 0.0409. The molecule has 1 fully saturated rings. The average Bonchev–Trinajstić information content (AvgIpc) is 2.64. The molecule has 0 spiro atoms. The number of hydrogen-bond acceptors (Lipinski definition) is 3. The van der Waals surface area contributed by atoms with Crippen LogP contribution in [-0.2, 0) is 17.9 Å². The molecule has 1 heterocycles. The number of ether oxygens (including phenoxy) is 1. The molecule has 1 aliphatic carbocycles. The molecule has 0 aromatic carbocycles. The number of hydrogen-bond donors (Lipinski definition) is 1. The van der Waals surface area contributed by atoms with Gasteiger partial charge in [0.15, 0.2) is 0 Å². The first-order valence-corrected chi connectivity index (χ1v) is 7.29. The maximum absolute atomic E-state index is 12.4. The Morgan fingerprint density at radius 2 is 1.89 bits per heavy atom. The van der Waals surface area contributed by atoms with E-state index in [1.54, 1.807) is 7.11 Å². The first-order valence-electron chi connectivity index (χ1n) is 7.29. The summed E-state index contributed by atoms with van der Waals surface area (Å²) in [5.41, 5.74) is 7.11. The number of nitrogens with zero attached hydrogens (tertiary/aromatic N) is 2. The molecule has 108 valence electrons. The fourth-order valence-corrected chi connectivity index (χ4v) is 3.12. The van der Waals surface area contributed by atoms with Gasteiger partial charge in [-0.05, 0) is 19.8 Å². The predicted octanol–water partition coefficient (Wildman–Crippen LogP) is 2.29. The van der Waals surface area contributed by atoms with Gasteiger partial charge in [0.1, 0.15) is 5.69 Å². The Kier molecular flexibility index (Phi) is 4.69. The molecule has 1 aliphatic rings. The summed E-state index contributed by atoms with van der Waals surface area (Å²) in [5, 5.41) is 0. The zero-order chi connectivity index (χ0) is 13.8. The third-order valence-electron chi connectivity index (χ3n) is 4.07. The van der Waals surface area contributed by atoms with Crippen LogP contribution in [0.15, 0.2) is 4.79 Å². The lowest BCUT2D eigenvalue weighted by atomic mass is 10.1. The second-order valence-electron chi connectivity index (χ2n) is 5.30. The maximum atomic E-state index is 12.4. The topological polar surface area (TPSA) is 62.2 Å². The van der Waals surface area contributed by atoms with Gasteiger partial charge in [-0.3, -0.25) is 9.48 Å². The van der Waals surface area contributed by atoms with Crippen LogP contribution in [0.2, 0.25) is 0 Å². The molecule has 5 nitrogen and oxygen atoms in total. The van der Waals surface area contributed by atoms with Crippen molar-refractivity contribution in [3.63, 3.8) is 0 Å². The lowest BCUT2D eigenvalue weighted by Gasteiger charge is -2.20. The SMILES string of the molecule is CCn1c(COC)c(N)c(=O)n1C1CCCCCC1. The van der Waals surface area contributed by atoms with Crippen LogP contribution in [0, 0.1) is 0 Å². The van der Waals surface area contributed by atoms with Crippen LogP contribution < -0.4 is 11.3 Å². The number of methoxy groups -OCH3 is 1. The monoisotopic (exact) mass is 267 g/mol. The van der Waals surface area contributed by atoms with Crippen molar-refractivity contribution in [3.8, 4) is 0 Å². The predicted molar refractivity (Wildman–Crippen MR) is 76.2 cm³/mol. The van der Waals surface area contributed by atoms with Crippen molar-refractivity contribution in [2.45, 2.75) is 64.6 Å². The van der Waals surface area contributed by atoms with Gasteiger partial charge < -0.3 is 10.5 Å². The summed E-state index contributed by atoms with van der Waals surface area (Å²) in [7, 11) is 1.63. The van der Waals surface area contributed by atoms with Crippen molar-refractivity contribution in [1.29, 1.82) is 0 Å². The molecule has 5 heteroatoms. The van der Waals surface area contributed by atoms with Gasteiger partial charge >= 0.3 is 0 Å². The smallest absolute Gasteiger partial charge is 0.290 e. The zero-order valence-electron chi connectivity index (χ0n) is 12.0. The Morgan fingerprint density at radius 1 is 1.26 bits per heavy atom. The fourth-order valence-electron chi connectivity index (χ4n) is 3.12. The summed E-state index contributed by atoms with van der Waals surface area (Å²) in [6.07, 6.45) is 7.11. The minimum Gasteiger partial charge on any atom is -0.393 e. The highest BCUT2D eigenvalue weighted by Crippen LogP contribution is 2.27. The fraction of sp³-hybridized carbons (Fsp3) is 0.786. The van der Waals surface area contributed by atoms with Gasteiger partial charge in [0.25, 0.3) is 5.56 Å². The van der Waals surface area contributed by atoms with E-state index in [9.17, 15) is 4.79 Å². The number of aromatic nitrogens is 2. The van der Waals surface area contributed by atoms with Crippen molar-refractivity contribution in [1.82, 2.24) is 9.36 Å². The van der Waals surface area contributed by atoms with Gasteiger partial charge in [0, 0.05) is 13.7 Å².